The average Bonchev–Trinajstić information content (AvgIpc) is 2.27. The van der Waals surface area contributed by atoms with E-state index in [9.17, 15) is 0 Å². The molecule has 1 rings (SSSR count). The van der Waals surface area contributed by atoms with Crippen LogP contribution in [0.3, 0.4) is 0 Å². The molecule has 3 heteroatoms. The first-order valence-corrected chi connectivity index (χ1v) is 6.89. The van der Waals surface area contributed by atoms with E-state index in [0.29, 0.717) is 0 Å². The summed E-state index contributed by atoms with van der Waals surface area (Å²) in [6.45, 7) is 6.17. The van der Waals surface area contributed by atoms with Crippen LogP contribution in [0.4, 0.5) is 0 Å². The van der Waals surface area contributed by atoms with E-state index >= 15 is 0 Å². The smallest absolute Gasteiger partial charge is 0.112 e. The Hall–Kier alpha value is -0.980. The summed E-state index contributed by atoms with van der Waals surface area (Å²) in [4.78, 5) is 0. The summed E-state index contributed by atoms with van der Waals surface area (Å²) in [6.07, 6.45) is 0. The topological polar surface area (TPSA) is 35.8 Å². The van der Waals surface area contributed by atoms with E-state index in [-0.39, 0.29) is 0 Å². The summed E-state index contributed by atoms with van der Waals surface area (Å²) < 4.78 is 0. The van der Waals surface area contributed by atoms with Gasteiger partial charge >= 0.3 is 0 Å². The lowest BCUT2D eigenvalue weighted by atomic mass is 10.1. The minimum atomic E-state index is -0.427. The number of hydrogen-bond acceptors (Lipinski definition) is 3. The molecule has 0 radical (unpaired) electrons. The van der Waals surface area contributed by atoms with Crippen molar-refractivity contribution in [1.29, 1.82) is 5.26 Å². The van der Waals surface area contributed by atoms with Gasteiger partial charge in [0, 0.05) is 11.5 Å². The highest BCUT2D eigenvalue weighted by Gasteiger charge is 2.20. The fourth-order valence-corrected chi connectivity index (χ4v) is 2.81. The van der Waals surface area contributed by atoms with Gasteiger partial charge in [0.1, 0.15) is 5.54 Å². The quantitative estimate of drug-likeness (QED) is 0.870. The van der Waals surface area contributed by atoms with E-state index in [1.807, 2.05) is 14.0 Å². The van der Waals surface area contributed by atoms with Crippen molar-refractivity contribution in [2.24, 2.45) is 0 Å². The van der Waals surface area contributed by atoms with E-state index in [1.54, 1.807) is 11.8 Å². The van der Waals surface area contributed by atoms with Crippen molar-refractivity contribution in [3.8, 4) is 6.07 Å². The maximum Gasteiger partial charge on any atom is 0.112 e. The lowest BCUT2D eigenvalue weighted by molar-refractivity contribution is 0.550. The van der Waals surface area contributed by atoms with Crippen LogP contribution >= 0.6 is 11.8 Å². The van der Waals surface area contributed by atoms with Crippen LogP contribution in [0.1, 0.15) is 23.6 Å². The van der Waals surface area contributed by atoms with Gasteiger partial charge in [-0.3, -0.25) is 0 Å². The molecule has 0 saturated carbocycles. The van der Waals surface area contributed by atoms with Gasteiger partial charge in [-0.05, 0) is 33.4 Å². The first-order valence-electron chi connectivity index (χ1n) is 5.74. The van der Waals surface area contributed by atoms with Gasteiger partial charge in [0.2, 0.25) is 0 Å². The maximum absolute atomic E-state index is 9.04. The van der Waals surface area contributed by atoms with E-state index in [0.717, 1.165) is 11.5 Å². The van der Waals surface area contributed by atoms with Gasteiger partial charge in [0.15, 0.2) is 0 Å². The zero-order chi connectivity index (χ0) is 12.9. The zero-order valence-electron chi connectivity index (χ0n) is 11.0. The SMILES string of the molecule is CNC(C)(C#N)CSCc1cc(C)cc(C)c1. The number of aryl methyl sites for hydroxylation is 2. The fourth-order valence-electron chi connectivity index (χ4n) is 1.69. The number of hydrogen-bond donors (Lipinski definition) is 1. The van der Waals surface area contributed by atoms with Crippen LogP contribution < -0.4 is 5.32 Å². The van der Waals surface area contributed by atoms with Crippen LogP contribution in [0.2, 0.25) is 0 Å². The van der Waals surface area contributed by atoms with Gasteiger partial charge in [-0.15, -0.1) is 0 Å². The average molecular weight is 248 g/mol. The Balaban J connectivity index is 2.54. The summed E-state index contributed by atoms with van der Waals surface area (Å²) >= 11 is 1.79. The normalized spacial score (nSPS) is 14.1. The summed E-state index contributed by atoms with van der Waals surface area (Å²) in [5, 5.41) is 12.1. The molecule has 1 aromatic carbocycles. The second-order valence-corrected chi connectivity index (χ2v) is 5.67. The van der Waals surface area contributed by atoms with Crippen molar-refractivity contribution < 1.29 is 0 Å². The number of benzene rings is 1. The molecule has 1 aromatic rings. The second-order valence-electron chi connectivity index (χ2n) is 4.68. The monoisotopic (exact) mass is 248 g/mol. The lowest BCUT2D eigenvalue weighted by Gasteiger charge is -2.19. The van der Waals surface area contributed by atoms with Crippen LogP contribution in [-0.4, -0.2) is 18.3 Å². The molecule has 0 saturated heterocycles. The van der Waals surface area contributed by atoms with Crippen LogP contribution in [0.25, 0.3) is 0 Å². The number of rotatable bonds is 5. The van der Waals surface area contributed by atoms with Crippen LogP contribution in [0.5, 0.6) is 0 Å². The fraction of sp³-hybridized carbons (Fsp3) is 0.500. The molecule has 0 bridgehead atoms. The third-order valence-corrected chi connectivity index (χ3v) is 4.06. The Morgan fingerprint density at radius 2 is 1.88 bits per heavy atom. The Bertz CT molecular complexity index is 402. The lowest BCUT2D eigenvalue weighted by Crippen LogP contribution is -2.40. The molecule has 0 amide bonds. The molecular formula is C14H20N2S. The van der Waals surface area contributed by atoms with E-state index < -0.39 is 5.54 Å². The third-order valence-electron chi connectivity index (χ3n) is 2.74. The summed E-state index contributed by atoms with van der Waals surface area (Å²) in [5.74, 6) is 1.76. The van der Waals surface area contributed by atoms with Gasteiger partial charge in [0.25, 0.3) is 0 Å². The number of nitrogens with zero attached hydrogens (tertiary/aromatic N) is 1. The Morgan fingerprint density at radius 1 is 1.29 bits per heavy atom. The zero-order valence-corrected chi connectivity index (χ0v) is 11.8. The van der Waals surface area contributed by atoms with Gasteiger partial charge in [-0.1, -0.05) is 29.3 Å². The van der Waals surface area contributed by atoms with Gasteiger partial charge < -0.3 is 5.32 Å². The Morgan fingerprint density at radius 3 is 2.35 bits per heavy atom. The van der Waals surface area contributed by atoms with Crippen LogP contribution in [0.15, 0.2) is 18.2 Å². The number of nitriles is 1. The highest BCUT2D eigenvalue weighted by Crippen LogP contribution is 2.19. The molecule has 1 unspecified atom stereocenters. The molecule has 2 nitrogen and oxygen atoms in total. The molecule has 17 heavy (non-hydrogen) atoms. The Kier molecular flexibility index (Phi) is 5.04. The highest BCUT2D eigenvalue weighted by atomic mass is 32.2. The summed E-state index contributed by atoms with van der Waals surface area (Å²) in [5.41, 5.74) is 3.52. The molecule has 1 N–H and O–H groups in total. The van der Waals surface area contributed by atoms with Crippen molar-refractivity contribution in [1.82, 2.24) is 5.32 Å². The standard InChI is InChI=1S/C14H20N2S/c1-11-5-12(2)7-13(6-11)8-17-10-14(3,9-15)16-4/h5-7,16H,8,10H2,1-4H3. The van der Waals surface area contributed by atoms with E-state index in [4.69, 9.17) is 5.26 Å². The molecule has 1 atom stereocenters. The maximum atomic E-state index is 9.04. The number of nitrogens with one attached hydrogen (secondary N) is 1. The van der Waals surface area contributed by atoms with E-state index in [1.165, 1.54) is 16.7 Å². The molecule has 0 aliphatic rings. The third kappa shape index (κ3) is 4.41. The molecular weight excluding hydrogens is 228 g/mol. The minimum Gasteiger partial charge on any atom is -0.302 e. The van der Waals surface area contributed by atoms with Gasteiger partial charge in [0.05, 0.1) is 6.07 Å². The molecule has 0 heterocycles. The molecule has 92 valence electrons. The van der Waals surface area contributed by atoms with Crippen LogP contribution in [0, 0.1) is 25.2 Å². The van der Waals surface area contributed by atoms with Crippen molar-refractivity contribution in [2.75, 3.05) is 12.8 Å². The summed E-state index contributed by atoms with van der Waals surface area (Å²) in [6, 6.07) is 8.91. The minimum absolute atomic E-state index is 0.427. The molecule has 0 aliphatic heterocycles. The number of thioether (sulfide) groups is 1. The largest absolute Gasteiger partial charge is 0.302 e. The molecule has 0 aliphatic carbocycles. The predicted octanol–water partition coefficient (Wildman–Crippen LogP) is 3.04. The van der Waals surface area contributed by atoms with Gasteiger partial charge in [-0.25, -0.2) is 0 Å². The van der Waals surface area contributed by atoms with Crippen molar-refractivity contribution in [3.63, 3.8) is 0 Å². The van der Waals surface area contributed by atoms with Crippen molar-refractivity contribution in [3.05, 3.63) is 34.9 Å². The molecule has 0 aromatic heterocycles. The van der Waals surface area contributed by atoms with Crippen molar-refractivity contribution in [2.45, 2.75) is 32.1 Å². The second kappa shape index (κ2) is 6.09. The molecule has 0 fully saturated rings. The highest BCUT2D eigenvalue weighted by molar-refractivity contribution is 7.98. The van der Waals surface area contributed by atoms with Crippen LogP contribution in [-0.2, 0) is 5.75 Å². The first kappa shape index (κ1) is 14.1. The van der Waals surface area contributed by atoms with Crippen molar-refractivity contribution >= 4 is 11.8 Å². The Labute approximate surface area is 108 Å². The van der Waals surface area contributed by atoms with E-state index in [2.05, 4.69) is 43.4 Å². The molecule has 0 spiro atoms. The van der Waals surface area contributed by atoms with Gasteiger partial charge in [-0.2, -0.15) is 17.0 Å². The first-order chi connectivity index (χ1) is 7.99. The predicted molar refractivity (Wildman–Crippen MR) is 75.2 cm³/mol. The summed E-state index contributed by atoms with van der Waals surface area (Å²) in [7, 11) is 1.83.